The van der Waals surface area contributed by atoms with Crippen molar-refractivity contribution in [3.63, 3.8) is 0 Å². The molecule has 1 atom stereocenters. The molecule has 0 radical (unpaired) electrons. The average Bonchev–Trinajstić information content (AvgIpc) is 2.87. The smallest absolute Gasteiger partial charge is 0.244 e. The molecule has 0 fully saturated rings. The van der Waals surface area contributed by atoms with E-state index in [1.54, 1.807) is 11.6 Å². The minimum Gasteiger partial charge on any atom is -0.269 e. The second kappa shape index (κ2) is 6.41. The summed E-state index contributed by atoms with van der Waals surface area (Å²) in [4.78, 5) is 0.249. The lowest BCUT2D eigenvalue weighted by Gasteiger charge is -2.17. The van der Waals surface area contributed by atoms with E-state index in [-0.39, 0.29) is 10.9 Å². The SMILES string of the molecule is CCC(NS(=O)(=O)c1cnn(CC)c1C)c1ccccc1. The van der Waals surface area contributed by atoms with Crippen LogP contribution in [0, 0.1) is 6.92 Å². The highest BCUT2D eigenvalue weighted by molar-refractivity contribution is 7.89. The number of sulfonamides is 1. The Balaban J connectivity index is 2.29. The van der Waals surface area contributed by atoms with Crippen molar-refractivity contribution in [1.29, 1.82) is 0 Å². The molecule has 0 bridgehead atoms. The van der Waals surface area contributed by atoms with Gasteiger partial charge in [0.25, 0.3) is 0 Å². The van der Waals surface area contributed by atoms with Crippen LogP contribution in [0.4, 0.5) is 0 Å². The Morgan fingerprint density at radius 3 is 2.43 bits per heavy atom. The molecule has 1 unspecified atom stereocenters. The fourth-order valence-corrected chi connectivity index (χ4v) is 3.82. The van der Waals surface area contributed by atoms with Gasteiger partial charge in [0.1, 0.15) is 4.90 Å². The normalized spacial score (nSPS) is 13.3. The number of hydrogen-bond donors (Lipinski definition) is 1. The number of nitrogens with zero attached hydrogens (tertiary/aromatic N) is 2. The lowest BCUT2D eigenvalue weighted by atomic mass is 10.1. The van der Waals surface area contributed by atoms with Gasteiger partial charge in [0.2, 0.25) is 10.0 Å². The third-order valence-corrected chi connectivity index (χ3v) is 5.13. The highest BCUT2D eigenvalue weighted by atomic mass is 32.2. The molecular formula is C15H21N3O2S. The topological polar surface area (TPSA) is 64.0 Å². The zero-order valence-electron chi connectivity index (χ0n) is 12.6. The first-order chi connectivity index (χ1) is 9.99. The first kappa shape index (κ1) is 15.7. The van der Waals surface area contributed by atoms with Crippen LogP contribution in [0.3, 0.4) is 0 Å². The molecule has 1 N–H and O–H groups in total. The van der Waals surface area contributed by atoms with Crippen LogP contribution >= 0.6 is 0 Å². The Kier molecular flexibility index (Phi) is 4.80. The lowest BCUT2D eigenvalue weighted by Crippen LogP contribution is -2.28. The van der Waals surface area contributed by atoms with E-state index < -0.39 is 10.0 Å². The highest BCUT2D eigenvalue weighted by Gasteiger charge is 2.24. The molecule has 21 heavy (non-hydrogen) atoms. The van der Waals surface area contributed by atoms with Crippen LogP contribution in [-0.4, -0.2) is 18.2 Å². The van der Waals surface area contributed by atoms with Gasteiger partial charge in [-0.1, -0.05) is 37.3 Å². The van der Waals surface area contributed by atoms with Gasteiger partial charge < -0.3 is 0 Å². The van der Waals surface area contributed by atoms with Gasteiger partial charge in [-0.25, -0.2) is 13.1 Å². The van der Waals surface area contributed by atoms with E-state index in [4.69, 9.17) is 0 Å². The first-order valence-electron chi connectivity index (χ1n) is 7.09. The van der Waals surface area contributed by atoms with Crippen molar-refractivity contribution in [2.24, 2.45) is 0 Å². The Bertz CT molecular complexity index is 693. The molecule has 0 saturated heterocycles. The molecule has 0 spiro atoms. The van der Waals surface area contributed by atoms with Crippen LogP contribution in [-0.2, 0) is 16.6 Å². The summed E-state index contributed by atoms with van der Waals surface area (Å²) in [6.07, 6.45) is 2.10. The third kappa shape index (κ3) is 3.33. The molecule has 1 aromatic carbocycles. The molecular weight excluding hydrogens is 286 g/mol. The lowest BCUT2D eigenvalue weighted by molar-refractivity contribution is 0.548. The maximum absolute atomic E-state index is 12.6. The maximum atomic E-state index is 12.6. The predicted octanol–water partition coefficient (Wildman–Crippen LogP) is 2.64. The zero-order valence-corrected chi connectivity index (χ0v) is 13.4. The fourth-order valence-electron chi connectivity index (χ4n) is 2.34. The van der Waals surface area contributed by atoms with Gasteiger partial charge in [-0.2, -0.15) is 5.10 Å². The maximum Gasteiger partial charge on any atom is 0.244 e. The van der Waals surface area contributed by atoms with Crippen molar-refractivity contribution >= 4 is 10.0 Å². The summed E-state index contributed by atoms with van der Waals surface area (Å²) < 4.78 is 29.6. The van der Waals surface area contributed by atoms with Gasteiger partial charge >= 0.3 is 0 Å². The standard InChI is InChI=1S/C15H21N3O2S/c1-4-14(13-9-7-6-8-10-13)17-21(19,20)15-11-16-18(5-2)12(15)3/h6-11,14,17H,4-5H2,1-3H3. The Morgan fingerprint density at radius 1 is 1.24 bits per heavy atom. The molecule has 0 aliphatic heterocycles. The quantitative estimate of drug-likeness (QED) is 0.892. The van der Waals surface area contributed by atoms with Crippen molar-refractivity contribution in [2.45, 2.75) is 44.7 Å². The van der Waals surface area contributed by atoms with Gasteiger partial charge in [0, 0.05) is 12.6 Å². The summed E-state index contributed by atoms with van der Waals surface area (Å²) in [6.45, 7) is 6.32. The molecule has 0 saturated carbocycles. The van der Waals surface area contributed by atoms with Crippen LogP contribution in [0.2, 0.25) is 0 Å². The van der Waals surface area contributed by atoms with Crippen molar-refractivity contribution in [3.05, 3.63) is 47.8 Å². The number of nitrogens with one attached hydrogen (secondary N) is 1. The molecule has 114 valence electrons. The fraction of sp³-hybridized carbons (Fsp3) is 0.400. The van der Waals surface area contributed by atoms with Gasteiger partial charge in [0.15, 0.2) is 0 Å². The van der Waals surface area contributed by atoms with Crippen LogP contribution in [0.15, 0.2) is 41.4 Å². The molecule has 2 rings (SSSR count). The van der Waals surface area contributed by atoms with Crippen molar-refractivity contribution in [2.75, 3.05) is 0 Å². The summed E-state index contributed by atoms with van der Waals surface area (Å²) in [5, 5.41) is 4.10. The summed E-state index contributed by atoms with van der Waals surface area (Å²) in [5.74, 6) is 0. The van der Waals surface area contributed by atoms with E-state index >= 15 is 0 Å². The van der Waals surface area contributed by atoms with Crippen LogP contribution in [0.5, 0.6) is 0 Å². The Hall–Kier alpha value is -1.66. The van der Waals surface area contributed by atoms with E-state index in [1.807, 2.05) is 44.2 Å². The highest BCUT2D eigenvalue weighted by Crippen LogP contribution is 2.21. The van der Waals surface area contributed by atoms with Crippen LogP contribution in [0.25, 0.3) is 0 Å². The van der Waals surface area contributed by atoms with E-state index in [0.717, 1.165) is 5.56 Å². The summed E-state index contributed by atoms with van der Waals surface area (Å²) >= 11 is 0. The number of rotatable bonds is 6. The van der Waals surface area contributed by atoms with Crippen LogP contribution in [0.1, 0.15) is 37.6 Å². The second-order valence-corrected chi connectivity index (χ2v) is 6.59. The van der Waals surface area contributed by atoms with Crippen molar-refractivity contribution in [1.82, 2.24) is 14.5 Å². The molecule has 5 nitrogen and oxygen atoms in total. The van der Waals surface area contributed by atoms with E-state index in [2.05, 4.69) is 9.82 Å². The number of hydrogen-bond acceptors (Lipinski definition) is 3. The zero-order chi connectivity index (χ0) is 15.5. The van der Waals surface area contributed by atoms with Gasteiger partial charge in [-0.15, -0.1) is 0 Å². The Morgan fingerprint density at radius 2 is 1.90 bits per heavy atom. The number of aryl methyl sites for hydroxylation is 1. The van der Waals surface area contributed by atoms with E-state index in [9.17, 15) is 8.42 Å². The Labute approximate surface area is 126 Å². The van der Waals surface area contributed by atoms with Crippen molar-refractivity contribution in [3.8, 4) is 0 Å². The molecule has 6 heteroatoms. The minimum absolute atomic E-state index is 0.236. The molecule has 0 amide bonds. The van der Waals surface area contributed by atoms with Crippen LogP contribution < -0.4 is 4.72 Å². The molecule has 1 heterocycles. The van der Waals surface area contributed by atoms with Gasteiger partial charge in [-0.05, 0) is 25.8 Å². The molecule has 2 aromatic rings. The van der Waals surface area contributed by atoms with Gasteiger partial charge in [-0.3, -0.25) is 4.68 Å². The third-order valence-electron chi connectivity index (χ3n) is 3.55. The second-order valence-electron chi connectivity index (χ2n) is 4.90. The summed E-state index contributed by atoms with van der Waals surface area (Å²) in [5.41, 5.74) is 1.62. The summed E-state index contributed by atoms with van der Waals surface area (Å²) in [6, 6.07) is 9.36. The number of benzene rings is 1. The average molecular weight is 307 g/mol. The largest absolute Gasteiger partial charge is 0.269 e. The summed E-state index contributed by atoms with van der Waals surface area (Å²) in [7, 11) is -3.57. The van der Waals surface area contributed by atoms with Gasteiger partial charge in [0.05, 0.1) is 11.9 Å². The molecule has 0 aliphatic rings. The molecule has 0 aliphatic carbocycles. The minimum atomic E-state index is -3.57. The molecule has 1 aromatic heterocycles. The van der Waals surface area contributed by atoms with E-state index in [1.165, 1.54) is 6.20 Å². The van der Waals surface area contributed by atoms with E-state index in [0.29, 0.717) is 18.7 Å². The predicted molar refractivity (Wildman–Crippen MR) is 82.4 cm³/mol. The first-order valence-corrected chi connectivity index (χ1v) is 8.57. The number of aromatic nitrogens is 2. The monoisotopic (exact) mass is 307 g/mol. The van der Waals surface area contributed by atoms with Crippen molar-refractivity contribution < 1.29 is 8.42 Å².